The van der Waals surface area contributed by atoms with Crippen LogP contribution in [0, 0.1) is 5.92 Å². The summed E-state index contributed by atoms with van der Waals surface area (Å²) in [4.78, 5) is 0. The molecule has 0 aliphatic heterocycles. The molecule has 0 saturated carbocycles. The van der Waals surface area contributed by atoms with Gasteiger partial charge in [0.15, 0.2) is 0 Å². The minimum absolute atomic E-state index is 0.0224. The summed E-state index contributed by atoms with van der Waals surface area (Å²) < 4.78 is 8.17. The number of thioether (sulfide) groups is 1. The molecule has 0 aliphatic carbocycles. The van der Waals surface area contributed by atoms with Crippen LogP contribution in [0.4, 0.5) is 0 Å². The molecule has 1 nitrogen and oxygen atoms in total. The zero-order valence-electron chi connectivity index (χ0n) is 17.0. The second-order valence-corrected chi connectivity index (χ2v) is 14.8. The Hall–Kier alpha value is -0.813. The molecule has 0 saturated heterocycles. The third-order valence-electron chi connectivity index (χ3n) is 4.68. The molecule has 0 bridgehead atoms. The van der Waals surface area contributed by atoms with E-state index in [9.17, 15) is 0 Å². The van der Waals surface area contributed by atoms with Crippen LogP contribution in [0.25, 0.3) is 0 Å². The van der Waals surface area contributed by atoms with E-state index in [-0.39, 0.29) is 5.04 Å². The molecule has 27 heavy (non-hydrogen) atoms. The van der Waals surface area contributed by atoms with E-state index in [0.717, 1.165) is 5.75 Å². The molecule has 0 aromatic heterocycles. The fraction of sp³-hybridized carbons (Fsp3) is 0.391. The van der Waals surface area contributed by atoms with Gasteiger partial charge in [-0.3, -0.25) is 0 Å². The third-order valence-corrected chi connectivity index (χ3v) is 11.3. The minimum Gasteiger partial charge on any atom is -0.407 e. The Balaban J connectivity index is 2.45. The van der Waals surface area contributed by atoms with Crippen molar-refractivity contribution in [2.45, 2.75) is 39.7 Å². The Morgan fingerprint density at radius 1 is 1.04 bits per heavy atom. The summed E-state index contributed by atoms with van der Waals surface area (Å²) in [5.74, 6) is 1.42. The first kappa shape index (κ1) is 22.5. The Morgan fingerprint density at radius 3 is 1.93 bits per heavy atom. The number of hydrogen-bond acceptors (Lipinski definition) is 2. The quantitative estimate of drug-likeness (QED) is 0.432. The van der Waals surface area contributed by atoms with Gasteiger partial charge in [-0.05, 0) is 43.0 Å². The van der Waals surface area contributed by atoms with Crippen LogP contribution in [0.15, 0.2) is 70.6 Å². The molecule has 1 unspecified atom stereocenters. The maximum Gasteiger partial charge on any atom is 0.261 e. The van der Waals surface area contributed by atoms with Gasteiger partial charge in [0.1, 0.15) is 0 Å². The summed E-state index contributed by atoms with van der Waals surface area (Å²) in [7, 11) is -2.43. The summed E-state index contributed by atoms with van der Waals surface area (Å²) in [5, 5.41) is 2.69. The summed E-state index contributed by atoms with van der Waals surface area (Å²) in [6.45, 7) is 12.1. The van der Waals surface area contributed by atoms with E-state index in [1.54, 1.807) is 0 Å². The zero-order chi connectivity index (χ0) is 19.9. The number of hydrogen-bond donors (Lipinski definition) is 0. The van der Waals surface area contributed by atoms with E-state index in [0.29, 0.717) is 12.5 Å². The van der Waals surface area contributed by atoms with Crippen LogP contribution < -0.4 is 10.4 Å². The molecule has 2 aromatic rings. The van der Waals surface area contributed by atoms with Crippen molar-refractivity contribution in [2.24, 2.45) is 5.92 Å². The van der Waals surface area contributed by atoms with E-state index < -0.39 is 8.32 Å². The van der Waals surface area contributed by atoms with Crippen molar-refractivity contribution >= 4 is 46.4 Å². The van der Waals surface area contributed by atoms with Gasteiger partial charge in [-0.2, -0.15) is 0 Å². The van der Waals surface area contributed by atoms with Gasteiger partial charge in [-0.25, -0.2) is 0 Å². The summed E-state index contributed by atoms with van der Waals surface area (Å²) in [6.07, 6.45) is 2.27. The first-order valence-electron chi connectivity index (χ1n) is 9.56. The summed E-state index contributed by atoms with van der Waals surface area (Å²) in [5.41, 5.74) is 0. The molecule has 146 valence electrons. The smallest absolute Gasteiger partial charge is 0.261 e. The van der Waals surface area contributed by atoms with E-state index in [4.69, 9.17) is 4.43 Å². The van der Waals surface area contributed by atoms with Crippen LogP contribution in [0.1, 0.15) is 34.6 Å². The third kappa shape index (κ3) is 5.60. The van der Waals surface area contributed by atoms with E-state index >= 15 is 0 Å². The van der Waals surface area contributed by atoms with Crippen LogP contribution in [0.2, 0.25) is 5.04 Å². The van der Waals surface area contributed by atoms with Crippen molar-refractivity contribution in [2.75, 3.05) is 12.4 Å². The van der Waals surface area contributed by atoms with Crippen LogP contribution >= 0.6 is 27.7 Å². The van der Waals surface area contributed by atoms with Crippen molar-refractivity contribution in [3.63, 3.8) is 0 Å². The van der Waals surface area contributed by atoms with Crippen LogP contribution in [0.3, 0.4) is 0 Å². The normalized spacial score (nSPS) is 14.2. The zero-order valence-corrected chi connectivity index (χ0v) is 20.4. The minimum atomic E-state index is -2.43. The molecule has 1 atom stereocenters. The molecule has 2 aromatic carbocycles. The maximum absolute atomic E-state index is 6.97. The largest absolute Gasteiger partial charge is 0.407 e. The summed E-state index contributed by atoms with van der Waals surface area (Å²) in [6, 6.07) is 21.7. The molecule has 0 radical (unpaired) electrons. The first-order chi connectivity index (χ1) is 12.8. The van der Waals surface area contributed by atoms with E-state index in [2.05, 4.69) is 117 Å². The van der Waals surface area contributed by atoms with Crippen LogP contribution in [-0.4, -0.2) is 20.7 Å². The van der Waals surface area contributed by atoms with Gasteiger partial charge in [0.2, 0.25) is 0 Å². The fourth-order valence-electron chi connectivity index (χ4n) is 3.48. The lowest BCUT2D eigenvalue weighted by atomic mass is 10.2. The highest BCUT2D eigenvalue weighted by Crippen LogP contribution is 2.37. The molecular formula is C23H31BrOSSi. The Morgan fingerprint density at radius 2 is 1.52 bits per heavy atom. The predicted octanol–water partition coefficient (Wildman–Crippen LogP) is 6.19. The highest BCUT2D eigenvalue weighted by molar-refractivity contribution is 9.14. The maximum atomic E-state index is 6.97. The van der Waals surface area contributed by atoms with Gasteiger partial charge in [-0.1, -0.05) is 101 Å². The van der Waals surface area contributed by atoms with Crippen molar-refractivity contribution in [1.82, 2.24) is 0 Å². The van der Waals surface area contributed by atoms with Crippen LogP contribution in [0.5, 0.6) is 0 Å². The molecule has 0 spiro atoms. The molecule has 0 fully saturated rings. The Kier molecular flexibility index (Phi) is 8.41. The lowest BCUT2D eigenvalue weighted by Crippen LogP contribution is -2.66. The summed E-state index contributed by atoms with van der Waals surface area (Å²) >= 11 is 5.49. The van der Waals surface area contributed by atoms with Gasteiger partial charge >= 0.3 is 0 Å². The molecule has 4 heteroatoms. The van der Waals surface area contributed by atoms with Gasteiger partial charge in [-0.15, -0.1) is 11.8 Å². The van der Waals surface area contributed by atoms with E-state index in [1.165, 1.54) is 14.2 Å². The monoisotopic (exact) mass is 462 g/mol. The molecular weight excluding hydrogens is 432 g/mol. The Labute approximate surface area is 178 Å². The van der Waals surface area contributed by atoms with Crippen molar-refractivity contribution in [3.05, 3.63) is 70.6 Å². The topological polar surface area (TPSA) is 9.23 Å². The number of rotatable bonds is 8. The molecule has 0 aliphatic rings. The van der Waals surface area contributed by atoms with Gasteiger partial charge in [0, 0.05) is 10.4 Å². The van der Waals surface area contributed by atoms with Crippen molar-refractivity contribution in [3.8, 4) is 0 Å². The standard InChI is InChI=1S/C23H31BrOSSi/c1-6-26-22(24)17-19(2)18-25-27(23(3,4)5,20-13-9-7-10-14-20)21-15-11-8-12-16-21/h7-17,19H,6,18H2,1-5H3/b22-17-. The molecule has 2 rings (SSSR count). The van der Waals surface area contributed by atoms with Crippen molar-refractivity contribution in [1.29, 1.82) is 0 Å². The molecule has 0 N–H and O–H groups in total. The van der Waals surface area contributed by atoms with Gasteiger partial charge in [0.05, 0.1) is 0 Å². The van der Waals surface area contributed by atoms with Crippen LogP contribution in [-0.2, 0) is 4.43 Å². The lowest BCUT2D eigenvalue weighted by molar-refractivity contribution is 0.268. The Bertz CT molecular complexity index is 686. The molecule has 0 amide bonds. The van der Waals surface area contributed by atoms with E-state index in [1.807, 2.05) is 11.8 Å². The first-order valence-corrected chi connectivity index (χ1v) is 13.2. The van der Waals surface area contributed by atoms with Gasteiger partial charge < -0.3 is 4.43 Å². The van der Waals surface area contributed by atoms with Gasteiger partial charge in [0.25, 0.3) is 8.32 Å². The average Bonchev–Trinajstić information content (AvgIpc) is 2.63. The SMILES string of the molecule is CCS/C(Br)=C\C(C)CO[Si](c1ccccc1)(c1ccccc1)C(C)(C)C. The second-order valence-electron chi connectivity index (χ2n) is 7.86. The highest BCUT2D eigenvalue weighted by Gasteiger charge is 2.50. The highest BCUT2D eigenvalue weighted by atomic mass is 79.9. The second kappa shape index (κ2) is 10.1. The average molecular weight is 464 g/mol. The predicted molar refractivity (Wildman–Crippen MR) is 128 cm³/mol. The number of benzene rings is 2. The number of halogens is 1. The molecule has 0 heterocycles. The van der Waals surface area contributed by atoms with Crippen molar-refractivity contribution < 1.29 is 4.43 Å². The lowest BCUT2D eigenvalue weighted by Gasteiger charge is -2.43. The fourth-order valence-corrected chi connectivity index (χ4v) is 9.89.